The third-order valence-corrected chi connectivity index (χ3v) is 5.25. The number of carbonyl (C=O) groups excluding carboxylic acids is 1. The quantitative estimate of drug-likeness (QED) is 0.661. The van der Waals surface area contributed by atoms with Crippen molar-refractivity contribution in [2.24, 2.45) is 0 Å². The molecule has 10 heteroatoms. The van der Waals surface area contributed by atoms with Crippen molar-refractivity contribution < 1.29 is 22.5 Å². The van der Waals surface area contributed by atoms with Crippen molar-refractivity contribution in [1.82, 2.24) is 24.8 Å². The number of hydrogen-bond donors (Lipinski definition) is 0. The maximum Gasteiger partial charge on any atom is 0.417 e. The summed E-state index contributed by atoms with van der Waals surface area (Å²) in [6.07, 6.45) is 0.535. The molecule has 3 aromatic rings. The first kappa shape index (κ1) is 19.4. The summed E-state index contributed by atoms with van der Waals surface area (Å²) >= 11 is 0. The van der Waals surface area contributed by atoms with Crippen LogP contribution in [0.3, 0.4) is 0 Å². The molecule has 0 unspecified atom stereocenters. The number of hydrogen-bond acceptors (Lipinski definition) is 5. The van der Waals surface area contributed by atoms with E-state index in [-0.39, 0.29) is 40.7 Å². The van der Waals surface area contributed by atoms with Crippen LogP contribution < -0.4 is 0 Å². The number of halogens is 3. The van der Waals surface area contributed by atoms with Gasteiger partial charge in [-0.2, -0.15) is 18.3 Å². The van der Waals surface area contributed by atoms with Crippen molar-refractivity contribution in [3.05, 3.63) is 41.5 Å². The minimum absolute atomic E-state index is 0.0437. The standard InChI is InChI=1S/C19H20F3N5O2/c1-12-17-14(19(20,21)22)10-15(24-18(17)29-25-12)13-4-2-7-26(11-13)16(28)5-9-27-8-3-6-23-27/h3,6,8,10,13H,2,4-5,7,9,11H2,1H3/t13-/m1/s1. The summed E-state index contributed by atoms with van der Waals surface area (Å²) in [5.74, 6) is -0.328. The number of fused-ring (bicyclic) bond motifs is 1. The van der Waals surface area contributed by atoms with Crippen LogP contribution in [0, 0.1) is 6.92 Å². The molecule has 29 heavy (non-hydrogen) atoms. The van der Waals surface area contributed by atoms with Gasteiger partial charge in [0.1, 0.15) is 0 Å². The van der Waals surface area contributed by atoms with Crippen molar-refractivity contribution >= 4 is 17.0 Å². The van der Waals surface area contributed by atoms with Crippen LogP contribution in [0.25, 0.3) is 11.1 Å². The van der Waals surface area contributed by atoms with E-state index in [4.69, 9.17) is 4.52 Å². The van der Waals surface area contributed by atoms with Crippen molar-refractivity contribution in [1.29, 1.82) is 0 Å². The Hall–Kier alpha value is -2.91. The lowest BCUT2D eigenvalue weighted by Gasteiger charge is -2.32. The Labute approximate surface area is 164 Å². The molecule has 0 N–H and O–H groups in total. The second-order valence-corrected chi connectivity index (χ2v) is 7.24. The number of amides is 1. The monoisotopic (exact) mass is 407 g/mol. The zero-order chi connectivity index (χ0) is 20.6. The van der Waals surface area contributed by atoms with Gasteiger partial charge in [-0.1, -0.05) is 5.16 Å². The molecular weight excluding hydrogens is 387 g/mol. The molecule has 0 bridgehead atoms. The van der Waals surface area contributed by atoms with E-state index in [2.05, 4.69) is 15.2 Å². The molecule has 0 spiro atoms. The van der Waals surface area contributed by atoms with Crippen molar-refractivity contribution in [3.63, 3.8) is 0 Å². The summed E-state index contributed by atoms with van der Waals surface area (Å²) in [6.45, 7) is 2.85. The molecule has 0 aromatic carbocycles. The van der Waals surface area contributed by atoms with Gasteiger partial charge < -0.3 is 9.42 Å². The normalized spacial score (nSPS) is 17.8. The molecule has 1 aliphatic heterocycles. The van der Waals surface area contributed by atoms with Crippen molar-refractivity contribution in [2.45, 2.75) is 44.8 Å². The SMILES string of the molecule is Cc1noc2nc([C@@H]3CCCN(C(=O)CCn4cccn4)C3)cc(C(F)(F)F)c12. The van der Waals surface area contributed by atoms with Crippen LogP contribution in [0.2, 0.25) is 0 Å². The molecule has 4 heterocycles. The molecular formula is C19H20F3N5O2. The predicted molar refractivity (Wildman–Crippen MR) is 96.9 cm³/mol. The maximum atomic E-state index is 13.6. The average Bonchev–Trinajstić information content (AvgIpc) is 3.35. The summed E-state index contributed by atoms with van der Waals surface area (Å²) in [7, 11) is 0. The van der Waals surface area contributed by atoms with E-state index in [1.807, 2.05) is 0 Å². The lowest BCUT2D eigenvalue weighted by Crippen LogP contribution is -2.39. The lowest BCUT2D eigenvalue weighted by molar-refractivity contribution is -0.136. The third-order valence-electron chi connectivity index (χ3n) is 5.25. The molecule has 1 saturated heterocycles. The summed E-state index contributed by atoms with van der Waals surface area (Å²) < 4.78 is 47.5. The largest absolute Gasteiger partial charge is 0.417 e. The van der Waals surface area contributed by atoms with Crippen LogP contribution >= 0.6 is 0 Å². The van der Waals surface area contributed by atoms with E-state index in [0.717, 1.165) is 6.07 Å². The summed E-state index contributed by atoms with van der Waals surface area (Å²) in [5, 5.41) is 7.60. The molecule has 0 saturated carbocycles. The van der Waals surface area contributed by atoms with Gasteiger partial charge in [-0.25, -0.2) is 4.98 Å². The van der Waals surface area contributed by atoms with Crippen LogP contribution in [0.4, 0.5) is 13.2 Å². The lowest BCUT2D eigenvalue weighted by atomic mass is 9.92. The Kier molecular flexibility index (Phi) is 5.01. The van der Waals surface area contributed by atoms with Gasteiger partial charge in [-0.15, -0.1) is 0 Å². The van der Waals surface area contributed by atoms with Crippen molar-refractivity contribution in [2.75, 3.05) is 13.1 Å². The molecule has 4 rings (SSSR count). The van der Waals surface area contributed by atoms with Gasteiger partial charge in [-0.3, -0.25) is 9.48 Å². The molecule has 7 nitrogen and oxygen atoms in total. The highest BCUT2D eigenvalue weighted by atomic mass is 19.4. The van der Waals surface area contributed by atoms with Gasteiger partial charge in [0.25, 0.3) is 5.71 Å². The molecule has 1 atom stereocenters. The van der Waals surface area contributed by atoms with Gasteiger partial charge >= 0.3 is 6.18 Å². The van der Waals surface area contributed by atoms with E-state index in [1.165, 1.54) is 6.92 Å². The second kappa shape index (κ2) is 7.49. The summed E-state index contributed by atoms with van der Waals surface area (Å²) in [4.78, 5) is 18.6. The fourth-order valence-corrected chi connectivity index (χ4v) is 3.79. The minimum Gasteiger partial charge on any atom is -0.342 e. The zero-order valence-electron chi connectivity index (χ0n) is 15.8. The first-order valence-corrected chi connectivity index (χ1v) is 9.42. The van der Waals surface area contributed by atoms with E-state index >= 15 is 0 Å². The Morgan fingerprint density at radius 3 is 2.93 bits per heavy atom. The van der Waals surface area contributed by atoms with Gasteiger partial charge in [0.15, 0.2) is 0 Å². The smallest absolute Gasteiger partial charge is 0.342 e. The number of aromatic nitrogens is 4. The molecule has 0 radical (unpaired) electrons. The Morgan fingerprint density at radius 2 is 2.21 bits per heavy atom. The maximum absolute atomic E-state index is 13.6. The van der Waals surface area contributed by atoms with E-state index in [1.54, 1.807) is 28.0 Å². The number of pyridine rings is 1. The molecule has 1 amide bonds. The molecule has 0 aliphatic carbocycles. The highest BCUT2D eigenvalue weighted by Crippen LogP contribution is 2.38. The van der Waals surface area contributed by atoms with E-state index in [0.29, 0.717) is 32.5 Å². The van der Waals surface area contributed by atoms with Crippen LogP contribution in [0.15, 0.2) is 29.0 Å². The van der Waals surface area contributed by atoms with E-state index < -0.39 is 11.7 Å². The van der Waals surface area contributed by atoms with Gasteiger partial charge in [0, 0.05) is 44.4 Å². The molecule has 1 aliphatic rings. The van der Waals surface area contributed by atoms with Crippen LogP contribution in [-0.2, 0) is 17.5 Å². The highest BCUT2D eigenvalue weighted by molar-refractivity contribution is 5.81. The number of piperidine rings is 1. The zero-order valence-corrected chi connectivity index (χ0v) is 15.8. The molecule has 3 aromatic heterocycles. The number of nitrogens with zero attached hydrogens (tertiary/aromatic N) is 5. The second-order valence-electron chi connectivity index (χ2n) is 7.24. The predicted octanol–water partition coefficient (Wildman–Crippen LogP) is 3.54. The fraction of sp³-hybridized carbons (Fsp3) is 0.474. The van der Waals surface area contributed by atoms with Gasteiger partial charge in [0.05, 0.1) is 22.3 Å². The highest BCUT2D eigenvalue weighted by Gasteiger charge is 2.37. The van der Waals surface area contributed by atoms with Gasteiger partial charge in [0.2, 0.25) is 5.91 Å². The number of carbonyl (C=O) groups is 1. The van der Waals surface area contributed by atoms with Crippen LogP contribution in [0.5, 0.6) is 0 Å². The first-order valence-electron chi connectivity index (χ1n) is 9.42. The Morgan fingerprint density at radius 1 is 1.38 bits per heavy atom. The van der Waals surface area contributed by atoms with Gasteiger partial charge in [-0.05, 0) is 31.9 Å². The van der Waals surface area contributed by atoms with Crippen LogP contribution in [0.1, 0.15) is 42.1 Å². The first-order chi connectivity index (χ1) is 13.8. The average molecular weight is 407 g/mol. The Bertz CT molecular complexity index is 1010. The van der Waals surface area contributed by atoms with E-state index in [9.17, 15) is 18.0 Å². The topological polar surface area (TPSA) is 77.0 Å². The minimum atomic E-state index is -4.54. The number of alkyl halides is 3. The fourth-order valence-electron chi connectivity index (χ4n) is 3.79. The Balaban J connectivity index is 1.55. The third kappa shape index (κ3) is 3.96. The van der Waals surface area contributed by atoms with Crippen molar-refractivity contribution in [3.8, 4) is 0 Å². The summed E-state index contributed by atoms with van der Waals surface area (Å²) in [6, 6.07) is 2.86. The number of aryl methyl sites for hydroxylation is 2. The van der Waals surface area contributed by atoms with Crippen LogP contribution in [-0.4, -0.2) is 43.8 Å². The molecule has 1 fully saturated rings. The molecule has 154 valence electrons. The number of rotatable bonds is 4. The number of likely N-dealkylation sites (tertiary alicyclic amines) is 1. The summed E-state index contributed by atoms with van der Waals surface area (Å²) in [5.41, 5.74) is -0.469.